The van der Waals surface area contributed by atoms with Crippen molar-refractivity contribution in [2.24, 2.45) is 0 Å². The van der Waals surface area contributed by atoms with Crippen LogP contribution in [0, 0.1) is 11.6 Å². The van der Waals surface area contributed by atoms with E-state index in [0.717, 1.165) is 12.8 Å². The molecule has 0 aliphatic carbocycles. The molecule has 0 saturated carbocycles. The molecule has 36 heavy (non-hydrogen) atoms. The van der Waals surface area contributed by atoms with Gasteiger partial charge in [-0.2, -0.15) is 0 Å². The van der Waals surface area contributed by atoms with Gasteiger partial charge >= 0.3 is 6.09 Å². The molecule has 6 nitrogen and oxygen atoms in total. The number of benzene rings is 2. The number of carbonyl (C=O) groups is 3. The summed E-state index contributed by atoms with van der Waals surface area (Å²) in [4.78, 5) is 40.7. The number of nitrogens with zero attached hydrogens (tertiary/aromatic N) is 1. The third-order valence-electron chi connectivity index (χ3n) is 5.56. The Kier molecular flexibility index (Phi) is 9.11. The summed E-state index contributed by atoms with van der Waals surface area (Å²) in [6, 6.07) is 7.42. The highest BCUT2D eigenvalue weighted by atomic mass is 32.2. The number of fused-ring (bicyclic) bond motifs is 1. The molecule has 0 unspecified atom stereocenters. The number of nitrogens with one attached hydrogen (secondary N) is 1. The SMILES string of the molecule is CCCCCC(=O)c1cc2c(cc1F)SC[C@H](NC(=O)OC(C)(C)C)C(=O)N2Cc1ccc(F)cc1. The number of unbranched alkanes of at least 4 members (excludes halogenated alkanes) is 2. The lowest BCUT2D eigenvalue weighted by Gasteiger charge is -2.27. The highest BCUT2D eigenvalue weighted by Gasteiger charge is 2.34. The van der Waals surface area contributed by atoms with Gasteiger partial charge in [0.15, 0.2) is 5.78 Å². The largest absolute Gasteiger partial charge is 0.444 e. The first-order valence-corrected chi connectivity index (χ1v) is 13.0. The molecule has 0 saturated heterocycles. The molecule has 0 bridgehead atoms. The van der Waals surface area contributed by atoms with E-state index < -0.39 is 35.3 Å². The molecule has 0 fully saturated rings. The van der Waals surface area contributed by atoms with Crippen LogP contribution in [0.3, 0.4) is 0 Å². The minimum absolute atomic E-state index is 0.0499. The van der Waals surface area contributed by atoms with Crippen LogP contribution in [-0.2, 0) is 16.1 Å². The standard InChI is InChI=1S/C27H32F2N2O4S/c1-5-6-7-8-23(32)19-13-22-24(14-20(19)29)36-16-21(30-26(34)35-27(2,3)4)25(33)31(22)15-17-9-11-18(28)12-10-17/h9-14,21H,5-8,15-16H2,1-4H3,(H,30,34)/t21-/m0/s1. The zero-order valence-corrected chi connectivity index (χ0v) is 21.8. The number of Topliss-reactive ketones (excluding diaryl/α,β-unsaturated/α-hetero) is 1. The van der Waals surface area contributed by atoms with Gasteiger partial charge in [0.05, 0.1) is 17.8 Å². The van der Waals surface area contributed by atoms with Crippen LogP contribution in [0.4, 0.5) is 19.3 Å². The number of thioether (sulfide) groups is 1. The first-order valence-electron chi connectivity index (χ1n) is 12.0. The Hall–Kier alpha value is -2.94. The number of carbonyl (C=O) groups excluding carboxylic acids is 3. The molecule has 194 valence electrons. The molecule has 1 heterocycles. The van der Waals surface area contributed by atoms with E-state index in [1.807, 2.05) is 6.92 Å². The Morgan fingerprint density at radius 1 is 1.14 bits per heavy atom. The molecule has 9 heteroatoms. The van der Waals surface area contributed by atoms with Gasteiger partial charge < -0.3 is 15.0 Å². The Balaban J connectivity index is 1.97. The van der Waals surface area contributed by atoms with Crippen LogP contribution in [0.15, 0.2) is 41.3 Å². The van der Waals surface area contributed by atoms with E-state index in [-0.39, 0.29) is 30.1 Å². The van der Waals surface area contributed by atoms with Crippen molar-refractivity contribution in [2.45, 2.75) is 76.5 Å². The van der Waals surface area contributed by atoms with E-state index in [2.05, 4.69) is 5.32 Å². The van der Waals surface area contributed by atoms with Gasteiger partial charge in [-0.05, 0) is 57.0 Å². The number of ether oxygens (including phenoxy) is 1. The first kappa shape index (κ1) is 27.6. The summed E-state index contributed by atoms with van der Waals surface area (Å²) in [5.74, 6) is -1.67. The van der Waals surface area contributed by atoms with Crippen LogP contribution in [0.25, 0.3) is 0 Å². The third-order valence-corrected chi connectivity index (χ3v) is 6.70. The Morgan fingerprint density at radius 2 is 1.83 bits per heavy atom. The van der Waals surface area contributed by atoms with Gasteiger partial charge in [-0.3, -0.25) is 9.59 Å². The minimum Gasteiger partial charge on any atom is -0.444 e. The maximum atomic E-state index is 15.0. The van der Waals surface area contributed by atoms with Crippen molar-refractivity contribution in [1.82, 2.24) is 5.32 Å². The zero-order chi connectivity index (χ0) is 26.5. The van der Waals surface area contributed by atoms with Crippen LogP contribution >= 0.6 is 11.8 Å². The molecule has 1 atom stereocenters. The second-order valence-corrected chi connectivity index (χ2v) is 10.8. The number of hydrogen-bond donors (Lipinski definition) is 1. The Morgan fingerprint density at radius 3 is 2.47 bits per heavy atom. The van der Waals surface area contributed by atoms with E-state index >= 15 is 0 Å². The quantitative estimate of drug-likeness (QED) is 0.330. The van der Waals surface area contributed by atoms with Crippen LogP contribution in [0.5, 0.6) is 0 Å². The molecule has 3 rings (SSSR count). The molecule has 0 radical (unpaired) electrons. The number of halogens is 2. The van der Waals surface area contributed by atoms with E-state index in [1.165, 1.54) is 40.9 Å². The van der Waals surface area contributed by atoms with Crippen molar-refractivity contribution < 1.29 is 27.9 Å². The van der Waals surface area contributed by atoms with Gasteiger partial charge in [0, 0.05) is 17.1 Å². The highest BCUT2D eigenvalue weighted by molar-refractivity contribution is 7.99. The van der Waals surface area contributed by atoms with Gasteiger partial charge in [-0.15, -0.1) is 11.8 Å². The summed E-state index contributed by atoms with van der Waals surface area (Å²) < 4.78 is 33.8. The summed E-state index contributed by atoms with van der Waals surface area (Å²) in [6.07, 6.45) is 1.92. The van der Waals surface area contributed by atoms with Crippen molar-refractivity contribution in [3.05, 3.63) is 59.2 Å². The molecule has 0 aromatic heterocycles. The minimum atomic E-state index is -0.954. The van der Waals surface area contributed by atoms with Gasteiger partial charge in [0.25, 0.3) is 5.91 Å². The smallest absolute Gasteiger partial charge is 0.408 e. The topological polar surface area (TPSA) is 75.7 Å². The summed E-state index contributed by atoms with van der Waals surface area (Å²) in [6.45, 7) is 7.22. The summed E-state index contributed by atoms with van der Waals surface area (Å²) in [5, 5.41) is 2.62. The first-order chi connectivity index (χ1) is 17.0. The van der Waals surface area contributed by atoms with Crippen LogP contribution in [0.2, 0.25) is 0 Å². The van der Waals surface area contributed by atoms with Gasteiger partial charge in [-0.1, -0.05) is 31.9 Å². The predicted octanol–water partition coefficient (Wildman–Crippen LogP) is 6.26. The third kappa shape index (κ3) is 7.29. The summed E-state index contributed by atoms with van der Waals surface area (Å²) in [7, 11) is 0. The molecule has 1 N–H and O–H groups in total. The number of rotatable bonds is 8. The van der Waals surface area contributed by atoms with E-state index in [4.69, 9.17) is 4.74 Å². The maximum Gasteiger partial charge on any atom is 0.408 e. The number of ketones is 1. The monoisotopic (exact) mass is 518 g/mol. The Labute approximate surface area is 214 Å². The van der Waals surface area contributed by atoms with Crippen LogP contribution in [-0.4, -0.2) is 35.2 Å². The zero-order valence-electron chi connectivity index (χ0n) is 21.0. The molecule has 2 aromatic carbocycles. The predicted molar refractivity (Wildman–Crippen MR) is 136 cm³/mol. The highest BCUT2D eigenvalue weighted by Crippen LogP contribution is 2.38. The fourth-order valence-electron chi connectivity index (χ4n) is 3.79. The number of alkyl carbamates (subject to hydrolysis) is 1. The van der Waals surface area contributed by atoms with Crippen LogP contribution in [0.1, 0.15) is 69.3 Å². The maximum absolute atomic E-state index is 15.0. The fourth-order valence-corrected chi connectivity index (χ4v) is 4.87. The van der Waals surface area contributed by atoms with Crippen molar-refractivity contribution >= 4 is 35.2 Å². The molecule has 2 aromatic rings. The average Bonchev–Trinajstić information content (AvgIpc) is 2.91. The van der Waals surface area contributed by atoms with Crippen molar-refractivity contribution in [2.75, 3.05) is 10.7 Å². The second kappa shape index (κ2) is 11.9. The molecular weight excluding hydrogens is 486 g/mol. The lowest BCUT2D eigenvalue weighted by atomic mass is 10.0. The second-order valence-electron chi connectivity index (χ2n) is 9.74. The summed E-state index contributed by atoms with van der Waals surface area (Å²) in [5.41, 5.74) is 0.195. The fraction of sp³-hybridized carbons (Fsp3) is 0.444. The van der Waals surface area contributed by atoms with E-state index in [0.29, 0.717) is 22.6 Å². The van der Waals surface area contributed by atoms with Crippen LogP contribution < -0.4 is 10.2 Å². The van der Waals surface area contributed by atoms with Gasteiger partial charge in [-0.25, -0.2) is 13.6 Å². The molecule has 0 spiro atoms. The summed E-state index contributed by atoms with van der Waals surface area (Å²) >= 11 is 1.21. The van der Waals surface area contributed by atoms with Crippen molar-refractivity contribution in [1.29, 1.82) is 0 Å². The molecule has 2 amide bonds. The van der Waals surface area contributed by atoms with E-state index in [9.17, 15) is 23.2 Å². The average molecular weight is 519 g/mol. The number of amides is 2. The van der Waals surface area contributed by atoms with Crippen molar-refractivity contribution in [3.63, 3.8) is 0 Å². The van der Waals surface area contributed by atoms with Gasteiger partial charge in [0.2, 0.25) is 0 Å². The lowest BCUT2D eigenvalue weighted by molar-refractivity contribution is -0.120. The number of anilines is 1. The van der Waals surface area contributed by atoms with Crippen molar-refractivity contribution in [3.8, 4) is 0 Å². The molecular formula is C27H32F2N2O4S. The normalized spacial score (nSPS) is 15.8. The molecule has 1 aliphatic heterocycles. The molecule has 1 aliphatic rings. The lowest BCUT2D eigenvalue weighted by Crippen LogP contribution is -2.50. The van der Waals surface area contributed by atoms with Gasteiger partial charge in [0.1, 0.15) is 23.3 Å². The number of hydrogen-bond acceptors (Lipinski definition) is 5. The van der Waals surface area contributed by atoms with E-state index in [1.54, 1.807) is 32.9 Å². The Bertz CT molecular complexity index is 1120.